The SMILES string of the molecule is CCN(CC1CC1)C1CCCc2ccccc2C1N. The van der Waals surface area contributed by atoms with Gasteiger partial charge in [-0.3, -0.25) is 4.90 Å². The van der Waals surface area contributed by atoms with Crippen LogP contribution in [0.2, 0.25) is 0 Å². The molecule has 2 nitrogen and oxygen atoms in total. The van der Waals surface area contributed by atoms with Crippen LogP contribution in [0.15, 0.2) is 24.3 Å². The maximum Gasteiger partial charge on any atom is 0.0455 e. The quantitative estimate of drug-likeness (QED) is 0.841. The number of nitrogens with two attached hydrogens (primary N) is 1. The van der Waals surface area contributed by atoms with Crippen molar-refractivity contribution in [3.05, 3.63) is 35.4 Å². The first-order valence-electron chi connectivity index (χ1n) is 7.87. The predicted molar refractivity (Wildman–Crippen MR) is 80.1 cm³/mol. The van der Waals surface area contributed by atoms with E-state index in [1.54, 1.807) is 0 Å². The Labute approximate surface area is 117 Å². The van der Waals surface area contributed by atoms with Crippen molar-refractivity contribution in [2.45, 2.75) is 51.1 Å². The lowest BCUT2D eigenvalue weighted by Crippen LogP contribution is -2.43. The minimum Gasteiger partial charge on any atom is -0.323 e. The van der Waals surface area contributed by atoms with Gasteiger partial charge >= 0.3 is 0 Å². The van der Waals surface area contributed by atoms with Crippen LogP contribution in [0, 0.1) is 5.92 Å². The molecule has 2 aliphatic rings. The maximum absolute atomic E-state index is 6.62. The van der Waals surface area contributed by atoms with Crippen LogP contribution < -0.4 is 5.73 Å². The third-order valence-corrected chi connectivity index (χ3v) is 4.84. The second kappa shape index (κ2) is 5.64. The van der Waals surface area contributed by atoms with Crippen molar-refractivity contribution in [1.29, 1.82) is 0 Å². The minimum absolute atomic E-state index is 0.192. The molecule has 1 aromatic rings. The standard InChI is InChI=1S/C17H26N2/c1-2-19(12-13-10-11-13)16-9-5-7-14-6-3-4-8-15(14)17(16)18/h3-4,6,8,13,16-17H,2,5,7,9-12,18H2,1H3. The number of aryl methyl sites for hydroxylation is 1. The summed E-state index contributed by atoms with van der Waals surface area (Å²) in [6.07, 6.45) is 6.57. The van der Waals surface area contributed by atoms with Gasteiger partial charge in [-0.15, -0.1) is 0 Å². The molecule has 1 aromatic carbocycles. The summed E-state index contributed by atoms with van der Waals surface area (Å²) < 4.78 is 0. The topological polar surface area (TPSA) is 29.3 Å². The molecule has 0 aromatic heterocycles. The molecule has 1 saturated carbocycles. The van der Waals surface area contributed by atoms with E-state index in [2.05, 4.69) is 36.1 Å². The van der Waals surface area contributed by atoms with Crippen LogP contribution in [-0.2, 0) is 6.42 Å². The first kappa shape index (κ1) is 13.1. The first-order chi connectivity index (χ1) is 9.29. The number of likely N-dealkylation sites (N-methyl/N-ethyl adjacent to an activating group) is 1. The molecule has 1 fully saturated rings. The maximum atomic E-state index is 6.62. The Kier molecular flexibility index (Phi) is 3.90. The summed E-state index contributed by atoms with van der Waals surface area (Å²) in [6.45, 7) is 4.68. The van der Waals surface area contributed by atoms with E-state index in [-0.39, 0.29) is 6.04 Å². The van der Waals surface area contributed by atoms with Gasteiger partial charge in [-0.05, 0) is 55.7 Å². The summed E-state index contributed by atoms with van der Waals surface area (Å²) in [6, 6.07) is 9.51. The Morgan fingerprint density at radius 1 is 1.21 bits per heavy atom. The molecular formula is C17H26N2. The number of hydrogen-bond acceptors (Lipinski definition) is 2. The highest BCUT2D eigenvalue weighted by atomic mass is 15.2. The fraction of sp³-hybridized carbons (Fsp3) is 0.647. The van der Waals surface area contributed by atoms with E-state index in [1.807, 2.05) is 0 Å². The number of rotatable bonds is 4. The fourth-order valence-corrected chi connectivity index (χ4v) is 3.52. The van der Waals surface area contributed by atoms with E-state index in [4.69, 9.17) is 5.73 Å². The average Bonchev–Trinajstić information content (AvgIpc) is 3.25. The number of benzene rings is 1. The molecule has 3 rings (SSSR count). The molecule has 2 unspecified atom stereocenters. The molecule has 2 atom stereocenters. The molecule has 0 saturated heterocycles. The van der Waals surface area contributed by atoms with E-state index >= 15 is 0 Å². The van der Waals surface area contributed by atoms with Gasteiger partial charge in [-0.25, -0.2) is 0 Å². The molecule has 0 bridgehead atoms. The van der Waals surface area contributed by atoms with Crippen LogP contribution in [0.5, 0.6) is 0 Å². The van der Waals surface area contributed by atoms with E-state index in [9.17, 15) is 0 Å². The first-order valence-corrected chi connectivity index (χ1v) is 7.87. The summed E-state index contributed by atoms with van der Waals surface area (Å²) in [7, 11) is 0. The fourth-order valence-electron chi connectivity index (χ4n) is 3.52. The van der Waals surface area contributed by atoms with E-state index < -0.39 is 0 Å². The van der Waals surface area contributed by atoms with Crippen molar-refractivity contribution in [2.75, 3.05) is 13.1 Å². The molecule has 2 N–H and O–H groups in total. The summed E-state index contributed by atoms with van der Waals surface area (Å²) in [5.41, 5.74) is 9.48. The van der Waals surface area contributed by atoms with Gasteiger partial charge in [0.1, 0.15) is 0 Å². The minimum atomic E-state index is 0.192. The van der Waals surface area contributed by atoms with Gasteiger partial charge in [0.15, 0.2) is 0 Å². The van der Waals surface area contributed by atoms with Crippen LogP contribution in [0.1, 0.15) is 49.8 Å². The molecule has 0 aliphatic heterocycles. The van der Waals surface area contributed by atoms with Gasteiger partial charge in [0.05, 0.1) is 0 Å². The third kappa shape index (κ3) is 2.85. The Morgan fingerprint density at radius 2 is 2.00 bits per heavy atom. The van der Waals surface area contributed by atoms with Crippen LogP contribution >= 0.6 is 0 Å². The number of nitrogens with zero attached hydrogens (tertiary/aromatic N) is 1. The van der Waals surface area contributed by atoms with Gasteiger partial charge in [-0.1, -0.05) is 31.2 Å². The van der Waals surface area contributed by atoms with Crippen molar-refractivity contribution in [1.82, 2.24) is 4.90 Å². The van der Waals surface area contributed by atoms with Crippen molar-refractivity contribution >= 4 is 0 Å². The highest BCUT2D eigenvalue weighted by molar-refractivity contribution is 5.32. The van der Waals surface area contributed by atoms with Crippen LogP contribution in [0.3, 0.4) is 0 Å². The molecule has 104 valence electrons. The lowest BCUT2D eigenvalue weighted by molar-refractivity contribution is 0.163. The molecular weight excluding hydrogens is 232 g/mol. The van der Waals surface area contributed by atoms with E-state index in [0.29, 0.717) is 6.04 Å². The predicted octanol–water partition coefficient (Wildman–Crippen LogP) is 3.12. The average molecular weight is 258 g/mol. The highest BCUT2D eigenvalue weighted by Gasteiger charge is 2.32. The number of hydrogen-bond donors (Lipinski definition) is 1. The summed E-state index contributed by atoms with van der Waals surface area (Å²) in [5.74, 6) is 0.950. The number of fused-ring (bicyclic) bond motifs is 1. The lowest BCUT2D eigenvalue weighted by Gasteiger charge is -2.34. The Morgan fingerprint density at radius 3 is 2.74 bits per heavy atom. The zero-order valence-corrected chi connectivity index (χ0v) is 12.0. The monoisotopic (exact) mass is 258 g/mol. The molecule has 2 heteroatoms. The summed E-state index contributed by atoms with van der Waals surface area (Å²) >= 11 is 0. The third-order valence-electron chi connectivity index (χ3n) is 4.84. The Hall–Kier alpha value is -0.860. The van der Waals surface area contributed by atoms with Gasteiger partial charge < -0.3 is 5.73 Å². The largest absolute Gasteiger partial charge is 0.323 e. The van der Waals surface area contributed by atoms with Crippen LogP contribution in [0.4, 0.5) is 0 Å². The zero-order valence-electron chi connectivity index (χ0n) is 12.0. The molecule has 19 heavy (non-hydrogen) atoms. The van der Waals surface area contributed by atoms with Crippen LogP contribution in [-0.4, -0.2) is 24.0 Å². The van der Waals surface area contributed by atoms with Crippen molar-refractivity contribution < 1.29 is 0 Å². The van der Waals surface area contributed by atoms with Gasteiger partial charge in [0.25, 0.3) is 0 Å². The molecule has 0 spiro atoms. The second-order valence-electron chi connectivity index (χ2n) is 6.22. The normalized spacial score (nSPS) is 27.1. The van der Waals surface area contributed by atoms with E-state index in [1.165, 1.54) is 49.8 Å². The van der Waals surface area contributed by atoms with Crippen LogP contribution in [0.25, 0.3) is 0 Å². The smallest absolute Gasteiger partial charge is 0.0455 e. The second-order valence-corrected chi connectivity index (χ2v) is 6.22. The molecule has 2 aliphatic carbocycles. The lowest BCUT2D eigenvalue weighted by atomic mass is 9.96. The summed E-state index contributed by atoms with van der Waals surface area (Å²) in [5, 5.41) is 0. The summed E-state index contributed by atoms with van der Waals surface area (Å²) in [4.78, 5) is 2.64. The Balaban J connectivity index is 1.81. The Bertz CT molecular complexity index is 425. The highest BCUT2D eigenvalue weighted by Crippen LogP contribution is 2.34. The van der Waals surface area contributed by atoms with Crippen molar-refractivity contribution in [3.8, 4) is 0 Å². The molecule has 0 heterocycles. The van der Waals surface area contributed by atoms with Crippen molar-refractivity contribution in [3.63, 3.8) is 0 Å². The molecule has 0 radical (unpaired) electrons. The van der Waals surface area contributed by atoms with Crippen molar-refractivity contribution in [2.24, 2.45) is 11.7 Å². The molecule has 0 amide bonds. The zero-order chi connectivity index (χ0) is 13.2. The van der Waals surface area contributed by atoms with Gasteiger partial charge in [0, 0.05) is 18.6 Å². The van der Waals surface area contributed by atoms with Gasteiger partial charge in [-0.2, -0.15) is 0 Å². The van der Waals surface area contributed by atoms with Gasteiger partial charge in [0.2, 0.25) is 0 Å². The van der Waals surface area contributed by atoms with E-state index in [0.717, 1.165) is 12.5 Å².